The Bertz CT molecular complexity index is 1510. The summed E-state index contributed by atoms with van der Waals surface area (Å²) in [6.45, 7) is 1.64. The lowest BCUT2D eigenvalue weighted by Gasteiger charge is -2.50. The van der Waals surface area contributed by atoms with E-state index in [0.29, 0.717) is 24.2 Å². The average molecular weight is 575 g/mol. The fourth-order valence-corrected chi connectivity index (χ4v) is 8.87. The molecular formula is C32H34N2O8. The number of rotatable bonds is 6. The van der Waals surface area contributed by atoms with Crippen molar-refractivity contribution in [3.8, 4) is 5.75 Å². The van der Waals surface area contributed by atoms with Crippen molar-refractivity contribution in [2.75, 3.05) is 33.2 Å². The number of ether oxygens (including phenoxy) is 5. The molecule has 0 amide bonds. The van der Waals surface area contributed by atoms with Crippen LogP contribution in [0.1, 0.15) is 37.3 Å². The number of anilines is 1. The number of carbonyl (C=O) groups excluding carboxylic acids is 3. The Morgan fingerprint density at radius 3 is 2.60 bits per heavy atom. The lowest BCUT2D eigenvalue weighted by molar-refractivity contribution is -0.182. The van der Waals surface area contributed by atoms with Crippen molar-refractivity contribution < 1.29 is 38.1 Å². The van der Waals surface area contributed by atoms with E-state index in [1.54, 1.807) is 13.2 Å². The third kappa shape index (κ3) is 3.14. The normalized spacial score (nSPS) is 37.3. The molecule has 42 heavy (non-hydrogen) atoms. The van der Waals surface area contributed by atoms with E-state index in [2.05, 4.69) is 10.2 Å². The minimum absolute atomic E-state index is 0.113. The average Bonchev–Trinajstić information content (AvgIpc) is 3.49. The number of fused-ring (bicyclic) bond motifs is 2. The first-order chi connectivity index (χ1) is 20.2. The first-order valence-corrected chi connectivity index (χ1v) is 14.3. The fraction of sp³-hybridized carbons (Fsp3) is 0.469. The molecule has 4 saturated heterocycles. The van der Waals surface area contributed by atoms with Gasteiger partial charge in [0.2, 0.25) is 5.72 Å². The van der Waals surface area contributed by atoms with Gasteiger partial charge in [0, 0.05) is 17.7 Å². The molecule has 2 aromatic rings. The van der Waals surface area contributed by atoms with Gasteiger partial charge in [0.1, 0.15) is 23.9 Å². The third-order valence-corrected chi connectivity index (χ3v) is 10.5. The number of piperidine rings is 1. The summed E-state index contributed by atoms with van der Waals surface area (Å²) in [6.07, 6.45) is 3.88. The molecule has 1 saturated carbocycles. The number of hydrogen-bond acceptors (Lipinski definition) is 10. The summed E-state index contributed by atoms with van der Waals surface area (Å²) < 4.78 is 30.0. The number of hydrogen-bond donors (Lipinski definition) is 1. The Morgan fingerprint density at radius 2 is 1.90 bits per heavy atom. The van der Waals surface area contributed by atoms with Crippen LogP contribution in [0.4, 0.5) is 5.69 Å². The Labute approximate surface area is 243 Å². The third-order valence-electron chi connectivity index (χ3n) is 10.5. The standard InChI is InChI=1S/C32H34N2O8/c1-19-31(41-19)24-13-14-25(34(31)2)32-30(17-27(36)42-32,22-16-21(38-3)11-12-23(22)33-32)29(24,28(37)39-4)18-40-26(35)15-10-20-8-6-5-7-9-20/h5-12,15-16,19,24-25,33H,13-14,17-18H2,1-4H3/t19-,24+,25-,29-,30-,31-,32-/m0/s1. The molecule has 5 fully saturated rings. The van der Waals surface area contributed by atoms with Crippen LogP contribution in [0.3, 0.4) is 0 Å². The van der Waals surface area contributed by atoms with Crippen LogP contribution in [-0.4, -0.2) is 74.3 Å². The van der Waals surface area contributed by atoms with Crippen LogP contribution in [0.2, 0.25) is 0 Å². The highest BCUT2D eigenvalue weighted by Gasteiger charge is 2.89. The summed E-state index contributed by atoms with van der Waals surface area (Å²) in [5.74, 6) is -1.56. The highest BCUT2D eigenvalue weighted by molar-refractivity contribution is 5.92. The van der Waals surface area contributed by atoms with E-state index in [4.69, 9.17) is 23.7 Å². The van der Waals surface area contributed by atoms with Gasteiger partial charge in [-0.15, -0.1) is 0 Å². The minimum atomic E-state index is -1.56. The number of benzene rings is 2. The monoisotopic (exact) mass is 574 g/mol. The predicted octanol–water partition coefficient (Wildman–Crippen LogP) is 3.26. The largest absolute Gasteiger partial charge is 0.497 e. The van der Waals surface area contributed by atoms with Gasteiger partial charge in [-0.05, 0) is 62.2 Å². The molecule has 1 N–H and O–H groups in total. The maximum absolute atomic E-state index is 14.6. The van der Waals surface area contributed by atoms with Crippen LogP contribution in [0.5, 0.6) is 5.75 Å². The first kappa shape index (κ1) is 27.0. The van der Waals surface area contributed by atoms with Crippen molar-refractivity contribution in [1.29, 1.82) is 0 Å². The second-order valence-electron chi connectivity index (χ2n) is 11.9. The smallest absolute Gasteiger partial charge is 0.330 e. The Morgan fingerprint density at radius 1 is 1.14 bits per heavy atom. The zero-order valence-electron chi connectivity index (χ0n) is 24.0. The number of nitrogens with zero attached hydrogens (tertiary/aromatic N) is 1. The second-order valence-corrected chi connectivity index (χ2v) is 11.9. The van der Waals surface area contributed by atoms with Crippen molar-refractivity contribution in [3.05, 3.63) is 65.7 Å². The van der Waals surface area contributed by atoms with Crippen LogP contribution >= 0.6 is 0 Å². The van der Waals surface area contributed by atoms with Gasteiger partial charge in [-0.1, -0.05) is 30.3 Å². The van der Waals surface area contributed by atoms with E-state index in [-0.39, 0.29) is 25.2 Å². The fourth-order valence-electron chi connectivity index (χ4n) is 8.87. The zero-order chi connectivity index (χ0) is 29.5. The molecule has 0 radical (unpaired) electrons. The maximum atomic E-state index is 14.6. The molecule has 1 spiro atoms. The lowest BCUT2D eigenvalue weighted by Crippen LogP contribution is -2.67. The number of likely N-dealkylation sites (N-methyl/N-ethyl adjacent to an activating group) is 1. The summed E-state index contributed by atoms with van der Waals surface area (Å²) in [7, 11) is 4.86. The van der Waals surface area contributed by atoms with E-state index in [1.165, 1.54) is 13.2 Å². The Kier molecular flexibility index (Phi) is 5.81. The van der Waals surface area contributed by atoms with Gasteiger partial charge >= 0.3 is 17.9 Å². The zero-order valence-corrected chi connectivity index (χ0v) is 24.0. The van der Waals surface area contributed by atoms with E-state index in [9.17, 15) is 14.4 Å². The molecule has 5 aliphatic heterocycles. The van der Waals surface area contributed by atoms with Gasteiger partial charge in [-0.2, -0.15) is 0 Å². The summed E-state index contributed by atoms with van der Waals surface area (Å²) >= 11 is 0. The molecule has 10 heteroatoms. The molecule has 7 atom stereocenters. The quantitative estimate of drug-likeness (QED) is 0.239. The molecule has 6 aliphatic rings. The number of carbonyl (C=O) groups is 3. The highest BCUT2D eigenvalue weighted by atomic mass is 16.6. The van der Waals surface area contributed by atoms with Gasteiger partial charge in [0.25, 0.3) is 0 Å². The molecule has 2 bridgehead atoms. The van der Waals surface area contributed by atoms with Crippen LogP contribution < -0.4 is 10.1 Å². The van der Waals surface area contributed by atoms with Gasteiger partial charge in [0.15, 0.2) is 5.72 Å². The summed E-state index contributed by atoms with van der Waals surface area (Å²) in [5, 5.41) is 3.57. The van der Waals surface area contributed by atoms with Gasteiger partial charge in [-0.3, -0.25) is 14.5 Å². The molecule has 8 rings (SSSR count). The van der Waals surface area contributed by atoms with E-state index >= 15 is 0 Å². The number of nitrogens with one attached hydrogen (secondary N) is 1. The number of methoxy groups -OCH3 is 2. The number of esters is 3. The Balaban J connectivity index is 1.44. The van der Waals surface area contributed by atoms with E-state index in [1.807, 2.05) is 62.5 Å². The molecule has 1 aliphatic carbocycles. The SMILES string of the molecule is COC(=O)[C@]1(COC(=O)C=Cc2ccccc2)[C@H]2CC[C@H](N(C)[C@@]23O[C@H]3C)[C@@]23Nc4ccc(OC)cc4[C@]21CC(=O)O3. The van der Waals surface area contributed by atoms with Crippen LogP contribution in [0.25, 0.3) is 6.08 Å². The number of epoxide rings is 1. The molecule has 0 aromatic heterocycles. The van der Waals surface area contributed by atoms with E-state index < -0.39 is 46.1 Å². The summed E-state index contributed by atoms with van der Waals surface area (Å²) in [5.41, 5.74) is -2.78. The maximum Gasteiger partial charge on any atom is 0.330 e. The first-order valence-electron chi connectivity index (χ1n) is 14.3. The summed E-state index contributed by atoms with van der Waals surface area (Å²) in [6, 6.07) is 14.6. The molecule has 220 valence electrons. The van der Waals surface area contributed by atoms with Crippen LogP contribution in [-0.2, 0) is 38.7 Å². The van der Waals surface area contributed by atoms with Crippen molar-refractivity contribution in [3.63, 3.8) is 0 Å². The molecule has 10 nitrogen and oxygen atoms in total. The van der Waals surface area contributed by atoms with Crippen LogP contribution in [0, 0.1) is 11.3 Å². The van der Waals surface area contributed by atoms with Crippen molar-refractivity contribution in [2.45, 2.75) is 55.2 Å². The Hall–Kier alpha value is -3.89. The second kappa shape index (κ2) is 9.05. The molecule has 5 heterocycles. The minimum Gasteiger partial charge on any atom is -0.497 e. The molecule has 0 unspecified atom stereocenters. The lowest BCUT2D eigenvalue weighted by atomic mass is 9.50. The van der Waals surface area contributed by atoms with Gasteiger partial charge in [0.05, 0.1) is 32.1 Å². The van der Waals surface area contributed by atoms with E-state index in [0.717, 1.165) is 11.3 Å². The van der Waals surface area contributed by atoms with Crippen molar-refractivity contribution in [2.24, 2.45) is 11.3 Å². The molecule has 2 aromatic carbocycles. The van der Waals surface area contributed by atoms with Gasteiger partial charge in [-0.25, -0.2) is 4.79 Å². The van der Waals surface area contributed by atoms with Gasteiger partial charge < -0.3 is 29.0 Å². The summed E-state index contributed by atoms with van der Waals surface area (Å²) in [4.78, 5) is 43.4. The van der Waals surface area contributed by atoms with Crippen molar-refractivity contribution >= 4 is 29.7 Å². The predicted molar refractivity (Wildman–Crippen MR) is 150 cm³/mol. The molecular weight excluding hydrogens is 540 g/mol. The highest BCUT2D eigenvalue weighted by Crippen LogP contribution is 2.75. The van der Waals surface area contributed by atoms with Crippen LogP contribution in [0.15, 0.2) is 54.6 Å². The topological polar surface area (TPSA) is 116 Å². The van der Waals surface area contributed by atoms with Crippen molar-refractivity contribution in [1.82, 2.24) is 4.90 Å².